The summed E-state index contributed by atoms with van der Waals surface area (Å²) >= 11 is 0. The Morgan fingerprint density at radius 1 is 1.19 bits per heavy atom. The number of hydrogen-bond donors (Lipinski definition) is 1. The van der Waals surface area contributed by atoms with Gasteiger partial charge in [0.05, 0.1) is 17.1 Å². The fourth-order valence-electron chi connectivity index (χ4n) is 2.61. The molecule has 0 radical (unpaired) electrons. The Hall–Kier alpha value is -2.69. The second kappa shape index (κ2) is 5.01. The number of carbonyl (C=O) groups is 1. The molecule has 3 rings (SSSR count). The van der Waals surface area contributed by atoms with E-state index >= 15 is 0 Å². The molecule has 0 fully saturated rings. The molecule has 0 saturated heterocycles. The highest BCUT2D eigenvalue weighted by Crippen LogP contribution is 2.25. The molecule has 1 unspecified atom stereocenters. The van der Waals surface area contributed by atoms with Crippen LogP contribution in [0.4, 0.5) is 0 Å². The summed E-state index contributed by atoms with van der Waals surface area (Å²) in [5.74, 6) is -0.990. The summed E-state index contributed by atoms with van der Waals surface area (Å²) in [6.07, 6.45) is 0. The van der Waals surface area contributed by atoms with Crippen molar-refractivity contribution in [1.29, 1.82) is 0 Å². The van der Waals surface area contributed by atoms with Crippen molar-refractivity contribution in [2.45, 2.75) is 19.9 Å². The van der Waals surface area contributed by atoms with E-state index < -0.39 is 5.97 Å². The molecule has 1 N–H and O–H groups in total. The Morgan fingerprint density at radius 2 is 1.95 bits per heavy atom. The van der Waals surface area contributed by atoms with Gasteiger partial charge in [0, 0.05) is 0 Å². The zero-order valence-electron chi connectivity index (χ0n) is 11.8. The predicted molar refractivity (Wildman–Crippen MR) is 79.5 cm³/mol. The van der Waals surface area contributed by atoms with Crippen LogP contribution < -0.4 is 0 Å². The molecule has 0 bridgehead atoms. The van der Waals surface area contributed by atoms with Crippen LogP contribution in [0.1, 0.15) is 34.5 Å². The molecule has 1 atom stereocenters. The maximum Gasteiger partial charge on any atom is 0.338 e. The van der Waals surface area contributed by atoms with Crippen molar-refractivity contribution in [3.8, 4) is 0 Å². The van der Waals surface area contributed by atoms with Gasteiger partial charge in [0.25, 0.3) is 0 Å². The van der Waals surface area contributed by atoms with E-state index in [0.717, 1.165) is 11.1 Å². The first-order valence-electron chi connectivity index (χ1n) is 6.72. The minimum absolute atomic E-state index is 0.0137. The molecule has 1 aromatic heterocycles. The number of benzene rings is 2. The summed E-state index contributed by atoms with van der Waals surface area (Å²) in [5, 5.41) is 17.4. The summed E-state index contributed by atoms with van der Waals surface area (Å²) in [4.78, 5) is 11.2. The van der Waals surface area contributed by atoms with Gasteiger partial charge in [-0.25, -0.2) is 9.48 Å². The van der Waals surface area contributed by atoms with Crippen molar-refractivity contribution in [2.75, 3.05) is 0 Å². The number of nitrogens with zero attached hydrogens (tertiary/aromatic N) is 3. The largest absolute Gasteiger partial charge is 0.478 e. The van der Waals surface area contributed by atoms with E-state index in [1.807, 2.05) is 38.1 Å². The molecule has 5 nitrogen and oxygen atoms in total. The van der Waals surface area contributed by atoms with Crippen molar-refractivity contribution in [3.63, 3.8) is 0 Å². The SMILES string of the molecule is Cc1ccccc1C(C)n1nnc2c(C(=O)O)cccc21. The minimum Gasteiger partial charge on any atom is -0.478 e. The van der Waals surface area contributed by atoms with E-state index in [1.165, 1.54) is 5.56 Å². The van der Waals surface area contributed by atoms with Gasteiger partial charge in [-0.15, -0.1) is 5.10 Å². The first-order chi connectivity index (χ1) is 10.1. The lowest BCUT2D eigenvalue weighted by Gasteiger charge is -2.15. The Morgan fingerprint density at radius 3 is 2.67 bits per heavy atom. The minimum atomic E-state index is -0.990. The summed E-state index contributed by atoms with van der Waals surface area (Å²) in [6.45, 7) is 4.08. The highest BCUT2D eigenvalue weighted by Gasteiger charge is 2.18. The third-order valence-corrected chi connectivity index (χ3v) is 3.74. The third kappa shape index (κ3) is 2.16. The van der Waals surface area contributed by atoms with Gasteiger partial charge in [-0.2, -0.15) is 0 Å². The highest BCUT2D eigenvalue weighted by molar-refractivity contribution is 6.00. The number of carboxylic acids is 1. The molecule has 0 saturated carbocycles. The predicted octanol–water partition coefficient (Wildman–Crippen LogP) is 3.05. The number of rotatable bonds is 3. The van der Waals surface area contributed by atoms with Crippen LogP contribution in [0.2, 0.25) is 0 Å². The zero-order chi connectivity index (χ0) is 15.0. The zero-order valence-corrected chi connectivity index (χ0v) is 11.8. The van der Waals surface area contributed by atoms with Gasteiger partial charge < -0.3 is 5.11 Å². The van der Waals surface area contributed by atoms with E-state index in [2.05, 4.69) is 16.4 Å². The lowest BCUT2D eigenvalue weighted by molar-refractivity contribution is 0.0699. The van der Waals surface area contributed by atoms with Crippen LogP contribution >= 0.6 is 0 Å². The smallest absolute Gasteiger partial charge is 0.338 e. The molecule has 3 aromatic rings. The Kier molecular flexibility index (Phi) is 3.17. The fourth-order valence-corrected chi connectivity index (χ4v) is 2.61. The highest BCUT2D eigenvalue weighted by atomic mass is 16.4. The van der Waals surface area contributed by atoms with Gasteiger partial charge >= 0.3 is 5.97 Å². The molecule has 21 heavy (non-hydrogen) atoms. The molecular weight excluding hydrogens is 266 g/mol. The van der Waals surface area contributed by atoms with Gasteiger partial charge in [-0.3, -0.25) is 0 Å². The second-order valence-electron chi connectivity index (χ2n) is 5.05. The Labute approximate surface area is 121 Å². The molecule has 1 heterocycles. The monoisotopic (exact) mass is 281 g/mol. The van der Waals surface area contributed by atoms with Crippen LogP contribution in [-0.2, 0) is 0 Å². The molecule has 0 aliphatic heterocycles. The third-order valence-electron chi connectivity index (χ3n) is 3.74. The molecule has 0 aliphatic rings. The van der Waals surface area contributed by atoms with Crippen molar-refractivity contribution in [2.24, 2.45) is 0 Å². The maximum atomic E-state index is 11.2. The number of carboxylic acid groups (broad SMARTS) is 1. The van der Waals surface area contributed by atoms with Gasteiger partial charge in [-0.1, -0.05) is 35.5 Å². The summed E-state index contributed by atoms with van der Waals surface area (Å²) in [7, 11) is 0. The molecule has 5 heteroatoms. The molecular formula is C16H15N3O2. The topological polar surface area (TPSA) is 68.0 Å². The van der Waals surface area contributed by atoms with Gasteiger partial charge in [0.15, 0.2) is 0 Å². The maximum absolute atomic E-state index is 11.2. The number of fused-ring (bicyclic) bond motifs is 1. The van der Waals surface area contributed by atoms with Crippen LogP contribution in [0.5, 0.6) is 0 Å². The standard InChI is InChI=1S/C16H15N3O2/c1-10-6-3-4-7-12(10)11(2)19-14-9-5-8-13(16(20)21)15(14)17-18-19/h3-9,11H,1-2H3,(H,20,21). The number of hydrogen-bond acceptors (Lipinski definition) is 3. The van der Waals surface area contributed by atoms with Crippen LogP contribution in [0.15, 0.2) is 42.5 Å². The summed E-state index contributed by atoms with van der Waals surface area (Å²) in [6, 6.07) is 13.2. The first-order valence-corrected chi connectivity index (χ1v) is 6.72. The number of aryl methyl sites for hydroxylation is 1. The van der Waals surface area contributed by atoms with Crippen molar-refractivity contribution in [1.82, 2.24) is 15.0 Å². The van der Waals surface area contributed by atoms with Gasteiger partial charge in [0.1, 0.15) is 5.52 Å². The van der Waals surface area contributed by atoms with Gasteiger partial charge in [0.2, 0.25) is 0 Å². The van der Waals surface area contributed by atoms with Crippen molar-refractivity contribution >= 4 is 17.0 Å². The average Bonchev–Trinajstić information content (AvgIpc) is 2.90. The van der Waals surface area contributed by atoms with Gasteiger partial charge in [-0.05, 0) is 37.1 Å². The Balaban J connectivity index is 2.16. The van der Waals surface area contributed by atoms with E-state index in [4.69, 9.17) is 0 Å². The lowest BCUT2D eigenvalue weighted by atomic mass is 10.0. The molecule has 0 amide bonds. The van der Waals surface area contributed by atoms with Crippen molar-refractivity contribution < 1.29 is 9.90 Å². The van der Waals surface area contributed by atoms with E-state index in [9.17, 15) is 9.90 Å². The number of aromatic nitrogens is 3. The van der Waals surface area contributed by atoms with Crippen LogP contribution in [0, 0.1) is 6.92 Å². The van der Waals surface area contributed by atoms with E-state index in [-0.39, 0.29) is 11.6 Å². The van der Waals surface area contributed by atoms with Crippen LogP contribution in [0.3, 0.4) is 0 Å². The quantitative estimate of drug-likeness (QED) is 0.801. The second-order valence-corrected chi connectivity index (χ2v) is 5.05. The van der Waals surface area contributed by atoms with Crippen molar-refractivity contribution in [3.05, 3.63) is 59.2 Å². The average molecular weight is 281 g/mol. The van der Waals surface area contributed by atoms with Crippen LogP contribution in [0.25, 0.3) is 11.0 Å². The van der Waals surface area contributed by atoms with E-state index in [1.54, 1.807) is 16.8 Å². The Bertz CT molecular complexity index is 823. The molecule has 106 valence electrons. The number of aromatic carboxylic acids is 1. The lowest BCUT2D eigenvalue weighted by Crippen LogP contribution is -2.10. The molecule has 2 aromatic carbocycles. The first kappa shape index (κ1) is 13.3. The van der Waals surface area contributed by atoms with Crippen LogP contribution in [-0.4, -0.2) is 26.1 Å². The summed E-state index contributed by atoms with van der Waals surface area (Å²) in [5.41, 5.74) is 3.64. The van der Waals surface area contributed by atoms with E-state index in [0.29, 0.717) is 5.52 Å². The summed E-state index contributed by atoms with van der Waals surface area (Å²) < 4.78 is 1.77. The molecule has 0 aliphatic carbocycles. The normalized spacial score (nSPS) is 12.5. The molecule has 0 spiro atoms. The fraction of sp³-hybridized carbons (Fsp3) is 0.188.